The summed E-state index contributed by atoms with van der Waals surface area (Å²) in [5.74, 6) is -0.452. The molecule has 172 valence electrons. The fraction of sp³-hybridized carbons (Fsp3) is 0.385. The molecule has 2 heterocycles. The van der Waals surface area contributed by atoms with Crippen molar-refractivity contribution in [2.24, 2.45) is 5.41 Å². The lowest BCUT2D eigenvalue weighted by Gasteiger charge is -2.32. The maximum atomic E-state index is 13.0. The van der Waals surface area contributed by atoms with E-state index in [9.17, 15) is 14.7 Å². The number of carbonyl (C=O) groups is 1. The Morgan fingerprint density at radius 3 is 2.55 bits per heavy atom. The van der Waals surface area contributed by atoms with Gasteiger partial charge in [0.15, 0.2) is 11.3 Å². The average molecular weight is 467 g/mol. The van der Waals surface area contributed by atoms with Gasteiger partial charge in [-0.1, -0.05) is 17.7 Å². The summed E-state index contributed by atoms with van der Waals surface area (Å²) in [6.07, 6.45) is 4.92. The molecule has 1 aromatic heterocycles. The first-order valence-electron chi connectivity index (χ1n) is 11.4. The van der Waals surface area contributed by atoms with E-state index < -0.39 is 5.97 Å². The van der Waals surface area contributed by atoms with E-state index in [4.69, 9.17) is 16.0 Å². The monoisotopic (exact) mass is 466 g/mol. The van der Waals surface area contributed by atoms with E-state index in [0.717, 1.165) is 37.1 Å². The van der Waals surface area contributed by atoms with Gasteiger partial charge in [-0.3, -0.25) is 4.79 Å². The summed E-state index contributed by atoms with van der Waals surface area (Å²) in [4.78, 5) is 26.9. The normalized spacial score (nSPS) is 17.8. The molecule has 1 atom stereocenters. The van der Waals surface area contributed by atoms with Gasteiger partial charge < -0.3 is 19.7 Å². The van der Waals surface area contributed by atoms with E-state index in [2.05, 4.69) is 10.2 Å². The van der Waals surface area contributed by atoms with Gasteiger partial charge in [0.05, 0.1) is 17.0 Å². The third-order valence-corrected chi connectivity index (χ3v) is 7.37. The van der Waals surface area contributed by atoms with Gasteiger partial charge in [-0.25, -0.2) is 4.79 Å². The van der Waals surface area contributed by atoms with Crippen molar-refractivity contribution in [2.45, 2.75) is 45.6 Å². The van der Waals surface area contributed by atoms with Crippen LogP contribution in [0.2, 0.25) is 5.02 Å². The maximum Gasteiger partial charge on any atom is 0.337 e. The number of piperidine rings is 1. The molecule has 1 aliphatic heterocycles. The number of rotatable bonds is 5. The van der Waals surface area contributed by atoms with Crippen molar-refractivity contribution in [2.75, 3.05) is 23.3 Å². The number of nitrogens with one attached hydrogen (secondary N) is 1. The van der Waals surface area contributed by atoms with Crippen LogP contribution in [-0.2, 0) is 0 Å². The van der Waals surface area contributed by atoms with Crippen LogP contribution in [0.1, 0.15) is 60.1 Å². The van der Waals surface area contributed by atoms with E-state index in [1.165, 1.54) is 18.9 Å². The third-order valence-electron chi connectivity index (χ3n) is 7.13. The van der Waals surface area contributed by atoms with Crippen LogP contribution in [0.25, 0.3) is 11.0 Å². The predicted octanol–water partition coefficient (Wildman–Crippen LogP) is 6.01. The Labute approximate surface area is 197 Å². The quantitative estimate of drug-likeness (QED) is 0.479. The number of benzene rings is 2. The molecule has 0 radical (unpaired) electrons. The average Bonchev–Trinajstić information content (AvgIpc) is 3.54. The number of hydrogen-bond acceptors (Lipinski definition) is 5. The summed E-state index contributed by atoms with van der Waals surface area (Å²) in [7, 11) is 0. The molecular formula is C26H27ClN2O4. The Bertz CT molecular complexity index is 1300. The zero-order chi connectivity index (χ0) is 23.3. The smallest absolute Gasteiger partial charge is 0.337 e. The molecule has 0 bridgehead atoms. The molecule has 1 unspecified atom stereocenters. The number of aromatic carboxylic acids is 1. The number of carboxylic acid groups (broad SMARTS) is 1. The van der Waals surface area contributed by atoms with Gasteiger partial charge >= 0.3 is 5.97 Å². The molecule has 1 aliphatic carbocycles. The molecule has 0 amide bonds. The SMILES string of the molecule is Cc1cc(C(C)Nc2ccc(Cl)cc2C(=O)O)c2oc(N3CCC4(CC3)CC4)cc(=O)c2c1. The van der Waals surface area contributed by atoms with Crippen molar-refractivity contribution in [1.29, 1.82) is 0 Å². The maximum absolute atomic E-state index is 13.0. The summed E-state index contributed by atoms with van der Waals surface area (Å²) in [6.45, 7) is 5.67. The number of carboxylic acids is 1. The van der Waals surface area contributed by atoms with Gasteiger partial charge in [-0.05, 0) is 74.8 Å². The van der Waals surface area contributed by atoms with Crippen molar-refractivity contribution < 1.29 is 14.3 Å². The first kappa shape index (κ1) is 21.8. The molecule has 2 aliphatic rings. The van der Waals surface area contributed by atoms with Crippen molar-refractivity contribution in [3.05, 3.63) is 68.3 Å². The highest BCUT2D eigenvalue weighted by Crippen LogP contribution is 2.54. The van der Waals surface area contributed by atoms with Gasteiger partial charge in [0.25, 0.3) is 0 Å². The van der Waals surface area contributed by atoms with Crippen LogP contribution in [0.3, 0.4) is 0 Å². The minimum Gasteiger partial charge on any atom is -0.478 e. The molecule has 1 saturated heterocycles. The molecule has 6 nitrogen and oxygen atoms in total. The largest absolute Gasteiger partial charge is 0.478 e. The second-order valence-corrected chi connectivity index (χ2v) is 9.96. The zero-order valence-corrected chi connectivity index (χ0v) is 19.5. The highest BCUT2D eigenvalue weighted by Gasteiger charge is 2.44. The summed E-state index contributed by atoms with van der Waals surface area (Å²) >= 11 is 6.00. The van der Waals surface area contributed by atoms with E-state index in [1.807, 2.05) is 26.0 Å². The van der Waals surface area contributed by atoms with Crippen molar-refractivity contribution in [1.82, 2.24) is 0 Å². The first-order chi connectivity index (χ1) is 15.7. The van der Waals surface area contributed by atoms with E-state index in [0.29, 0.717) is 33.0 Å². The van der Waals surface area contributed by atoms with Crippen molar-refractivity contribution >= 4 is 40.1 Å². The van der Waals surface area contributed by atoms with Crippen LogP contribution in [-0.4, -0.2) is 24.2 Å². The Hall–Kier alpha value is -2.99. The highest BCUT2D eigenvalue weighted by atomic mass is 35.5. The second kappa shape index (κ2) is 8.10. The first-order valence-corrected chi connectivity index (χ1v) is 11.8. The predicted molar refractivity (Wildman–Crippen MR) is 131 cm³/mol. The number of anilines is 2. The fourth-order valence-corrected chi connectivity index (χ4v) is 5.08. The fourth-order valence-electron chi connectivity index (χ4n) is 4.91. The number of hydrogen-bond donors (Lipinski definition) is 2. The lowest BCUT2D eigenvalue weighted by Crippen LogP contribution is -2.34. The summed E-state index contributed by atoms with van der Waals surface area (Å²) < 4.78 is 6.36. The summed E-state index contributed by atoms with van der Waals surface area (Å²) in [5.41, 5.74) is 3.32. The van der Waals surface area contributed by atoms with E-state index in [-0.39, 0.29) is 17.0 Å². The number of halogens is 1. The highest BCUT2D eigenvalue weighted by molar-refractivity contribution is 6.31. The van der Waals surface area contributed by atoms with Gasteiger partial charge in [-0.2, -0.15) is 0 Å². The molecule has 33 heavy (non-hydrogen) atoms. The zero-order valence-electron chi connectivity index (χ0n) is 18.8. The Morgan fingerprint density at radius 2 is 1.88 bits per heavy atom. The minimum atomic E-state index is -1.06. The van der Waals surface area contributed by atoms with Crippen LogP contribution in [0, 0.1) is 12.3 Å². The minimum absolute atomic E-state index is 0.0622. The topological polar surface area (TPSA) is 82.8 Å². The molecule has 1 spiro atoms. The molecule has 3 aromatic rings. The van der Waals surface area contributed by atoms with Gasteiger partial charge in [0.2, 0.25) is 0 Å². The second-order valence-electron chi connectivity index (χ2n) is 9.53. The Kier molecular flexibility index (Phi) is 5.36. The molecule has 7 heteroatoms. The van der Waals surface area contributed by atoms with Crippen LogP contribution in [0.4, 0.5) is 11.6 Å². The summed E-state index contributed by atoms with van der Waals surface area (Å²) in [5, 5.41) is 13.8. The molecule has 2 N–H and O–H groups in total. The Balaban J connectivity index is 1.53. The Morgan fingerprint density at radius 1 is 1.15 bits per heavy atom. The lowest BCUT2D eigenvalue weighted by molar-refractivity contribution is 0.0698. The molecule has 5 rings (SSSR count). The van der Waals surface area contributed by atoms with Crippen molar-refractivity contribution in [3.8, 4) is 0 Å². The van der Waals surface area contributed by atoms with Gasteiger partial charge in [-0.15, -0.1) is 0 Å². The van der Waals surface area contributed by atoms with Gasteiger partial charge in [0, 0.05) is 35.4 Å². The molecule has 1 saturated carbocycles. The third kappa shape index (κ3) is 4.20. The summed E-state index contributed by atoms with van der Waals surface area (Å²) in [6, 6.07) is 9.87. The number of aryl methyl sites for hydroxylation is 1. The lowest BCUT2D eigenvalue weighted by atomic mass is 9.94. The number of nitrogens with zero attached hydrogens (tertiary/aromatic N) is 1. The van der Waals surface area contributed by atoms with Crippen LogP contribution >= 0.6 is 11.6 Å². The van der Waals surface area contributed by atoms with E-state index in [1.54, 1.807) is 18.2 Å². The standard InChI is InChI=1S/C26H27ClN2O4/c1-15-11-18(16(2)28-21-4-3-17(27)13-19(21)25(31)32)24-20(12-15)22(30)14-23(33-24)29-9-7-26(5-6-26)8-10-29/h3-4,11-14,16,28H,5-10H2,1-2H3,(H,31,32). The molecule has 2 fully saturated rings. The van der Waals surface area contributed by atoms with Crippen molar-refractivity contribution in [3.63, 3.8) is 0 Å². The van der Waals surface area contributed by atoms with Crippen LogP contribution < -0.4 is 15.6 Å². The van der Waals surface area contributed by atoms with Crippen LogP contribution in [0.15, 0.2) is 45.6 Å². The van der Waals surface area contributed by atoms with Gasteiger partial charge in [0.1, 0.15) is 5.58 Å². The molecular weight excluding hydrogens is 440 g/mol. The molecule has 2 aromatic carbocycles. The number of fused-ring (bicyclic) bond motifs is 1. The van der Waals surface area contributed by atoms with E-state index >= 15 is 0 Å². The van der Waals surface area contributed by atoms with Crippen LogP contribution in [0.5, 0.6) is 0 Å².